The molecule has 1 fully saturated rings. The fourth-order valence-corrected chi connectivity index (χ4v) is 6.64. The summed E-state index contributed by atoms with van der Waals surface area (Å²) in [6.45, 7) is -0.699. The smallest absolute Gasteiger partial charge is 0.264 e. The maximum absolute atomic E-state index is 14.7. The van der Waals surface area contributed by atoms with Crippen LogP contribution in [0.3, 0.4) is 0 Å². The van der Waals surface area contributed by atoms with Crippen molar-refractivity contribution in [3.05, 3.63) is 59.2 Å². The molecule has 1 aliphatic carbocycles. The van der Waals surface area contributed by atoms with Gasteiger partial charge >= 0.3 is 0 Å². The van der Waals surface area contributed by atoms with Crippen molar-refractivity contribution in [2.24, 2.45) is 0 Å². The molecule has 1 aliphatic heterocycles. The van der Waals surface area contributed by atoms with Gasteiger partial charge in [-0.1, -0.05) is 0 Å². The number of carbonyl (C=O) groups excluding carboxylic acids is 2. The Morgan fingerprint density at radius 3 is 2.29 bits per heavy atom. The fraction of sp³-hybridized carbons (Fsp3) is 0.286. The van der Waals surface area contributed by atoms with Crippen LogP contribution in [0.15, 0.2) is 36.4 Å². The maximum atomic E-state index is 14.7. The Kier molecular flexibility index (Phi) is 5.87. The van der Waals surface area contributed by atoms with E-state index in [-0.39, 0.29) is 43.8 Å². The largest absolute Gasteiger partial charge is 0.387 e. The van der Waals surface area contributed by atoms with E-state index in [2.05, 4.69) is 4.98 Å². The van der Waals surface area contributed by atoms with Crippen molar-refractivity contribution in [3.8, 4) is 0 Å². The zero-order valence-electron chi connectivity index (χ0n) is 21.7. The minimum atomic E-state index is -3.98. The number of halogens is 2. The van der Waals surface area contributed by atoms with Crippen LogP contribution in [0, 0.1) is 11.6 Å². The van der Waals surface area contributed by atoms with E-state index in [4.69, 9.17) is 8.92 Å². The normalized spacial score (nSPS) is 25.0. The number of rotatable bonds is 4. The Bertz CT molecular complexity index is 2120. The number of benzene rings is 3. The lowest BCUT2D eigenvalue weighted by molar-refractivity contribution is -0.247. The van der Waals surface area contributed by atoms with E-state index in [1.54, 1.807) is 0 Å². The highest BCUT2D eigenvalue weighted by Crippen LogP contribution is 2.47. The molecule has 4 N–H and O–H groups in total. The summed E-state index contributed by atoms with van der Waals surface area (Å²) in [6, 6.07) is 7.54. The molecule has 1 saturated heterocycles. The van der Waals surface area contributed by atoms with Crippen molar-refractivity contribution in [2.45, 2.75) is 37.1 Å². The van der Waals surface area contributed by atoms with Crippen LogP contribution in [0.4, 0.5) is 8.78 Å². The first kappa shape index (κ1) is 27.1. The molecular weight excluding hydrogens is 578 g/mol. The number of H-pyrrole nitrogens is 1. The van der Waals surface area contributed by atoms with Gasteiger partial charge in [0.2, 0.25) is 0 Å². The minimum absolute atomic E-state index is 0.00449. The van der Waals surface area contributed by atoms with Gasteiger partial charge in [-0.05, 0) is 36.4 Å². The molecular formula is C28H22F2N2O9S. The van der Waals surface area contributed by atoms with Crippen molar-refractivity contribution >= 4 is 65.3 Å². The molecule has 42 heavy (non-hydrogen) atoms. The number of ether oxygens (including phenoxy) is 1. The summed E-state index contributed by atoms with van der Waals surface area (Å²) in [5, 5.41) is 33.5. The molecule has 5 aromatic rings. The van der Waals surface area contributed by atoms with Crippen molar-refractivity contribution in [3.63, 3.8) is 0 Å². The molecule has 3 aromatic carbocycles. The molecule has 0 saturated carbocycles. The Morgan fingerprint density at radius 1 is 0.952 bits per heavy atom. The van der Waals surface area contributed by atoms with E-state index in [9.17, 15) is 42.1 Å². The van der Waals surface area contributed by atoms with Gasteiger partial charge in [0.25, 0.3) is 10.1 Å². The fourth-order valence-electron chi connectivity index (χ4n) is 6.25. The number of aromatic nitrogens is 2. The molecule has 7 rings (SSSR count). The van der Waals surface area contributed by atoms with Gasteiger partial charge in [-0.25, -0.2) is 8.78 Å². The Hall–Kier alpha value is -3.79. The Labute approximate surface area is 235 Å². The standard InChI is InChI=1S/C28H22F2N2O9S/c1-42(38,39)40-9-18-25(35)26(36)27(37)28(41-18)32-15-5-3-11(30)7-13(15)20-22-17(34)8-16(33)21(22)19-12-6-10(29)2-4-14(12)31-23(19)24(20)32/h2-7,18,25-28,31,35-37H,8-9H2,1H3/t18-,25-,26+,27-,28-/m1/s1. The van der Waals surface area contributed by atoms with Crippen LogP contribution in [0.5, 0.6) is 0 Å². The van der Waals surface area contributed by atoms with Crippen molar-refractivity contribution < 1.29 is 51.0 Å². The molecule has 0 bridgehead atoms. The molecule has 2 aliphatic rings. The zero-order valence-corrected chi connectivity index (χ0v) is 22.5. The minimum Gasteiger partial charge on any atom is -0.387 e. The van der Waals surface area contributed by atoms with Gasteiger partial charge < -0.3 is 29.6 Å². The number of hydrogen-bond donors (Lipinski definition) is 4. The van der Waals surface area contributed by atoms with Gasteiger partial charge in [0, 0.05) is 38.2 Å². The van der Waals surface area contributed by atoms with E-state index in [0.717, 1.165) is 18.4 Å². The number of nitrogens with one attached hydrogen (secondary N) is 1. The highest BCUT2D eigenvalue weighted by Gasteiger charge is 2.46. The topological polar surface area (TPSA) is 168 Å². The van der Waals surface area contributed by atoms with Crippen LogP contribution in [0.1, 0.15) is 33.4 Å². The van der Waals surface area contributed by atoms with Gasteiger partial charge in [-0.3, -0.25) is 13.8 Å². The van der Waals surface area contributed by atoms with Crippen LogP contribution in [0.25, 0.3) is 43.6 Å². The molecule has 218 valence electrons. The van der Waals surface area contributed by atoms with Crippen molar-refractivity contribution in [2.75, 3.05) is 12.9 Å². The lowest BCUT2D eigenvalue weighted by Gasteiger charge is -2.41. The first-order valence-electron chi connectivity index (χ1n) is 12.9. The quantitative estimate of drug-likeness (QED) is 0.179. The molecule has 0 unspecified atom stereocenters. The zero-order chi connectivity index (χ0) is 29.8. The lowest BCUT2D eigenvalue weighted by Crippen LogP contribution is -2.56. The number of nitrogens with zero attached hydrogens (tertiary/aromatic N) is 1. The monoisotopic (exact) mass is 600 g/mol. The number of carbonyl (C=O) groups is 2. The van der Waals surface area contributed by atoms with Crippen LogP contribution >= 0.6 is 0 Å². The average Bonchev–Trinajstić information content (AvgIpc) is 3.55. The van der Waals surface area contributed by atoms with Gasteiger partial charge in [0.1, 0.15) is 36.1 Å². The first-order chi connectivity index (χ1) is 19.9. The Balaban J connectivity index is 1.61. The Morgan fingerprint density at radius 2 is 1.60 bits per heavy atom. The van der Waals surface area contributed by atoms with Crippen LogP contribution in [0.2, 0.25) is 0 Å². The number of ketones is 2. The van der Waals surface area contributed by atoms with Crippen molar-refractivity contribution in [1.29, 1.82) is 0 Å². The summed E-state index contributed by atoms with van der Waals surface area (Å²) < 4.78 is 64.6. The molecule has 2 aromatic heterocycles. The average molecular weight is 601 g/mol. The molecule has 0 spiro atoms. The SMILES string of the molecule is CS(=O)(=O)OC[C@H]1O[C@@H](n2c3ccc(F)cc3c3c4c(c5c6cc(F)ccc6[nH]c5c32)C(=O)CC4=O)[C@H](O)[C@@H](O)[C@@H]1O. The van der Waals surface area contributed by atoms with Gasteiger partial charge in [0.15, 0.2) is 17.8 Å². The summed E-state index contributed by atoms with van der Waals surface area (Å²) in [6.07, 6.45) is -8.02. The highest BCUT2D eigenvalue weighted by molar-refractivity contribution is 7.85. The molecule has 14 heteroatoms. The third kappa shape index (κ3) is 3.83. The first-order valence-corrected chi connectivity index (χ1v) is 14.7. The number of hydrogen-bond acceptors (Lipinski definition) is 9. The van der Waals surface area contributed by atoms with Gasteiger partial charge in [0.05, 0.1) is 35.8 Å². The summed E-state index contributed by atoms with van der Waals surface area (Å²) in [4.78, 5) is 29.7. The predicted octanol–water partition coefficient (Wildman–Crippen LogP) is 2.43. The molecule has 0 radical (unpaired) electrons. The van der Waals surface area contributed by atoms with Gasteiger partial charge in [-0.15, -0.1) is 0 Å². The summed E-state index contributed by atoms with van der Waals surface area (Å²) >= 11 is 0. The lowest BCUT2D eigenvalue weighted by atomic mass is 9.96. The number of aliphatic hydroxyl groups excluding tert-OH is 3. The van der Waals surface area contributed by atoms with Crippen molar-refractivity contribution in [1.82, 2.24) is 9.55 Å². The highest BCUT2D eigenvalue weighted by atomic mass is 32.2. The van der Waals surface area contributed by atoms with E-state index in [1.807, 2.05) is 0 Å². The van der Waals surface area contributed by atoms with E-state index in [1.165, 1.54) is 28.8 Å². The molecule has 11 nitrogen and oxygen atoms in total. The van der Waals surface area contributed by atoms with Crippen LogP contribution in [-0.4, -0.2) is 82.1 Å². The summed E-state index contributed by atoms with van der Waals surface area (Å²) in [5.41, 5.74) is 1.15. The third-order valence-corrected chi connectivity index (χ3v) is 8.54. The molecule has 0 amide bonds. The second kappa shape index (κ2) is 9.10. The molecule has 3 heterocycles. The summed E-state index contributed by atoms with van der Waals surface area (Å²) in [5.74, 6) is -2.27. The van der Waals surface area contributed by atoms with Gasteiger partial charge in [-0.2, -0.15) is 8.42 Å². The van der Waals surface area contributed by atoms with E-state index < -0.39 is 77.0 Å². The number of fused-ring (bicyclic) bond motifs is 10. The van der Waals surface area contributed by atoms with Crippen LogP contribution < -0.4 is 0 Å². The summed E-state index contributed by atoms with van der Waals surface area (Å²) in [7, 11) is -3.98. The second-order valence-corrected chi connectivity index (χ2v) is 12.3. The predicted molar refractivity (Wildman–Crippen MR) is 145 cm³/mol. The number of Topliss-reactive ketones (excluding diaryl/α,β-unsaturated/α-hetero) is 2. The third-order valence-electron chi connectivity index (χ3n) is 7.98. The van der Waals surface area contributed by atoms with E-state index in [0.29, 0.717) is 10.9 Å². The number of aromatic amines is 1. The maximum Gasteiger partial charge on any atom is 0.264 e. The molecule has 5 atom stereocenters. The number of aliphatic hydroxyl groups is 3. The second-order valence-electron chi connectivity index (χ2n) is 10.6. The van der Waals surface area contributed by atoms with Crippen LogP contribution in [-0.2, 0) is 19.0 Å². The van der Waals surface area contributed by atoms with E-state index >= 15 is 0 Å².